The van der Waals surface area contributed by atoms with E-state index in [2.05, 4.69) is 274 Å². The van der Waals surface area contributed by atoms with Crippen molar-refractivity contribution in [3.63, 3.8) is 0 Å². The SMILES string of the molecule is CCC1(CC)c2ccccc2-c2ccc(-c3ccc4c(c3)C(CC)(CC)c3cc(-c5ccc6c(c5)C(CC)(CC)c5cc(-c7ccc8c(c7)C(CC)(CC)c7cc(-c9ccc(-c%10cc%11c(ccc%12ccccc%12%11)cn%10)cc9)ccc7-8)ccc5-6)ccc3-4)cc21. The Hall–Kier alpha value is -8.91. The first-order valence-electron chi connectivity index (χ1n) is 33.1. The Balaban J connectivity index is 0.696. The van der Waals surface area contributed by atoms with Gasteiger partial charge < -0.3 is 0 Å². The lowest BCUT2D eigenvalue weighted by Gasteiger charge is -2.31. The largest absolute Gasteiger partial charge is 0.256 e. The first-order valence-corrected chi connectivity index (χ1v) is 33.1. The van der Waals surface area contributed by atoms with Gasteiger partial charge in [0, 0.05) is 38.8 Å². The van der Waals surface area contributed by atoms with Crippen molar-refractivity contribution < 1.29 is 0 Å². The van der Waals surface area contributed by atoms with Crippen LogP contribution in [0.15, 0.2) is 225 Å². The summed E-state index contributed by atoms with van der Waals surface area (Å²) >= 11 is 0. The van der Waals surface area contributed by atoms with Crippen molar-refractivity contribution in [2.45, 2.75) is 128 Å². The lowest BCUT2D eigenvalue weighted by molar-refractivity contribution is 0.490. The molecule has 0 fully saturated rings. The van der Waals surface area contributed by atoms with Crippen LogP contribution in [0.3, 0.4) is 0 Å². The molecule has 1 heterocycles. The topological polar surface area (TPSA) is 12.9 Å². The number of nitrogens with zero attached hydrogens (tertiary/aromatic N) is 1. The molecule has 1 nitrogen and oxygen atoms in total. The van der Waals surface area contributed by atoms with E-state index in [0.717, 1.165) is 62.6 Å². The molecule has 0 aliphatic heterocycles. The van der Waals surface area contributed by atoms with Gasteiger partial charge in [-0.2, -0.15) is 0 Å². The van der Waals surface area contributed by atoms with Gasteiger partial charge in [-0.05, 0) is 250 Å². The van der Waals surface area contributed by atoms with Crippen LogP contribution in [0.4, 0.5) is 0 Å². The lowest BCUT2D eigenvalue weighted by atomic mass is 9.72. The molecule has 0 bridgehead atoms. The highest BCUT2D eigenvalue weighted by molar-refractivity contribution is 6.08. The van der Waals surface area contributed by atoms with Crippen LogP contribution in [-0.2, 0) is 21.7 Å². The van der Waals surface area contributed by atoms with Crippen molar-refractivity contribution >= 4 is 21.5 Å². The number of pyridine rings is 1. The zero-order valence-electron chi connectivity index (χ0n) is 52.5. The molecular formula is C87H77N. The monoisotopic (exact) mass is 1140 g/mol. The molecule has 0 spiro atoms. The van der Waals surface area contributed by atoms with Crippen molar-refractivity contribution in [3.8, 4) is 100 Å². The van der Waals surface area contributed by atoms with E-state index in [4.69, 9.17) is 4.98 Å². The molecule has 0 saturated heterocycles. The van der Waals surface area contributed by atoms with Gasteiger partial charge in [0.05, 0.1) is 5.69 Å². The highest BCUT2D eigenvalue weighted by Gasteiger charge is 2.45. The molecule has 88 heavy (non-hydrogen) atoms. The standard InChI is InChI=1S/C87H77N/c1-9-84(10-2)75-24-20-19-23-66(75)67-39-32-58(46-76(67)84)59-33-41-70-71-43-36-62(50-80(71)86(13-5,14-6)79(70)47-59)63-37-44-73-72-42-35-61(49-81(72)87(15-7,16-8)82(73)51-63)60-34-40-69-68-38-31-57(45-77(68)85(11-3,12-4)78(69)48-60)54-25-28-56(29-26-54)83-52-74-64(53-88-83)30-27-55-21-17-18-22-65(55)74/h17-53H,9-16H2,1-8H3. The van der Waals surface area contributed by atoms with Gasteiger partial charge in [-0.15, -0.1) is 0 Å². The van der Waals surface area contributed by atoms with Crippen LogP contribution in [-0.4, -0.2) is 4.98 Å². The molecule has 0 saturated carbocycles. The maximum atomic E-state index is 4.93. The average molecular weight is 1140 g/mol. The number of hydrogen-bond acceptors (Lipinski definition) is 1. The van der Waals surface area contributed by atoms with E-state index < -0.39 is 0 Å². The molecule has 0 atom stereocenters. The Morgan fingerprint density at radius 3 is 0.886 bits per heavy atom. The summed E-state index contributed by atoms with van der Waals surface area (Å²) in [5.74, 6) is 0. The average Bonchev–Trinajstić information content (AvgIpc) is 1.70. The Labute approximate surface area is 521 Å². The van der Waals surface area contributed by atoms with Crippen LogP contribution >= 0.6 is 0 Å². The highest BCUT2D eigenvalue weighted by atomic mass is 14.7. The summed E-state index contributed by atoms with van der Waals surface area (Å²) in [6, 6.07) is 85.2. The van der Waals surface area contributed by atoms with E-state index in [0.29, 0.717) is 0 Å². The maximum absolute atomic E-state index is 4.93. The summed E-state index contributed by atoms with van der Waals surface area (Å²) in [6.07, 6.45) is 10.5. The van der Waals surface area contributed by atoms with E-state index in [1.807, 2.05) is 6.20 Å². The molecule has 16 rings (SSSR count). The number of fused-ring (bicyclic) bond motifs is 15. The predicted octanol–water partition coefficient (Wildman–Crippen LogP) is 24.1. The second-order valence-corrected chi connectivity index (χ2v) is 26.2. The van der Waals surface area contributed by atoms with Gasteiger partial charge >= 0.3 is 0 Å². The molecule has 0 radical (unpaired) electrons. The minimum Gasteiger partial charge on any atom is -0.256 e. The van der Waals surface area contributed by atoms with Crippen LogP contribution in [0.1, 0.15) is 151 Å². The summed E-state index contributed by atoms with van der Waals surface area (Å²) in [5.41, 5.74) is 35.3. The normalized spacial score (nSPS) is 15.3. The van der Waals surface area contributed by atoms with E-state index in [1.165, 1.54) is 155 Å². The molecule has 0 N–H and O–H groups in total. The summed E-state index contributed by atoms with van der Waals surface area (Å²) in [7, 11) is 0. The Morgan fingerprint density at radius 1 is 0.227 bits per heavy atom. The third kappa shape index (κ3) is 7.49. The van der Waals surface area contributed by atoms with Crippen LogP contribution in [0.25, 0.3) is 122 Å². The first kappa shape index (κ1) is 54.5. The van der Waals surface area contributed by atoms with Gasteiger partial charge in [0.15, 0.2) is 0 Å². The lowest BCUT2D eigenvalue weighted by Crippen LogP contribution is -2.23. The number of hydrogen-bond donors (Lipinski definition) is 0. The molecule has 11 aromatic carbocycles. The van der Waals surface area contributed by atoms with Crippen molar-refractivity contribution in [1.82, 2.24) is 4.98 Å². The van der Waals surface area contributed by atoms with Crippen molar-refractivity contribution in [3.05, 3.63) is 269 Å². The smallest absolute Gasteiger partial charge is 0.0708 e. The molecule has 12 aromatic rings. The molecule has 0 amide bonds. The van der Waals surface area contributed by atoms with Crippen LogP contribution in [0, 0.1) is 0 Å². The Bertz CT molecular complexity index is 4840. The Kier molecular flexibility index (Phi) is 12.6. The zero-order valence-corrected chi connectivity index (χ0v) is 52.5. The van der Waals surface area contributed by atoms with Crippen molar-refractivity contribution in [2.24, 2.45) is 0 Å². The second kappa shape index (κ2) is 20.3. The van der Waals surface area contributed by atoms with Gasteiger partial charge in [-0.1, -0.05) is 225 Å². The van der Waals surface area contributed by atoms with Crippen molar-refractivity contribution in [1.29, 1.82) is 0 Å². The van der Waals surface area contributed by atoms with Crippen LogP contribution in [0.5, 0.6) is 0 Å². The van der Waals surface area contributed by atoms with Crippen LogP contribution < -0.4 is 0 Å². The number of rotatable bonds is 13. The minimum absolute atomic E-state index is 0.0484. The summed E-state index contributed by atoms with van der Waals surface area (Å²) < 4.78 is 0. The van der Waals surface area contributed by atoms with E-state index in [1.54, 1.807) is 0 Å². The van der Waals surface area contributed by atoms with E-state index in [9.17, 15) is 0 Å². The van der Waals surface area contributed by atoms with Gasteiger partial charge in [-0.3, -0.25) is 4.98 Å². The zero-order chi connectivity index (χ0) is 59.8. The summed E-state index contributed by atoms with van der Waals surface area (Å²) in [6.45, 7) is 19.2. The molecule has 0 unspecified atom stereocenters. The number of aromatic nitrogens is 1. The third-order valence-corrected chi connectivity index (χ3v) is 23.3. The molecular weight excluding hydrogens is 1060 g/mol. The quantitative estimate of drug-likeness (QED) is 0.105. The number of benzene rings is 11. The fourth-order valence-corrected chi connectivity index (χ4v) is 18.1. The highest BCUT2D eigenvalue weighted by Crippen LogP contribution is 2.60. The van der Waals surface area contributed by atoms with Crippen LogP contribution in [0.2, 0.25) is 0 Å². The third-order valence-electron chi connectivity index (χ3n) is 23.3. The summed E-state index contributed by atoms with van der Waals surface area (Å²) in [5, 5.41) is 4.93. The van der Waals surface area contributed by atoms with Gasteiger partial charge in [0.1, 0.15) is 0 Å². The minimum atomic E-state index is -0.0933. The fraction of sp³-hybridized carbons (Fsp3) is 0.230. The van der Waals surface area contributed by atoms with Gasteiger partial charge in [-0.25, -0.2) is 0 Å². The van der Waals surface area contributed by atoms with Gasteiger partial charge in [0.2, 0.25) is 0 Å². The molecule has 4 aliphatic rings. The van der Waals surface area contributed by atoms with E-state index in [-0.39, 0.29) is 21.7 Å². The Morgan fingerprint density at radius 2 is 0.511 bits per heavy atom. The van der Waals surface area contributed by atoms with Gasteiger partial charge in [0.25, 0.3) is 0 Å². The summed E-state index contributed by atoms with van der Waals surface area (Å²) in [4.78, 5) is 4.93. The predicted molar refractivity (Wildman–Crippen MR) is 374 cm³/mol. The molecule has 1 aromatic heterocycles. The van der Waals surface area contributed by atoms with Crippen molar-refractivity contribution in [2.75, 3.05) is 0 Å². The molecule has 1 heteroatoms. The molecule has 4 aliphatic carbocycles. The first-order chi connectivity index (χ1) is 43.1. The van der Waals surface area contributed by atoms with E-state index >= 15 is 0 Å². The fourth-order valence-electron chi connectivity index (χ4n) is 18.1. The molecule has 430 valence electrons. The second-order valence-electron chi connectivity index (χ2n) is 26.2. The maximum Gasteiger partial charge on any atom is 0.0708 e.